The zero-order valence-electron chi connectivity index (χ0n) is 13.8. The van der Waals surface area contributed by atoms with Crippen molar-refractivity contribution in [2.24, 2.45) is 5.92 Å². The lowest BCUT2D eigenvalue weighted by molar-refractivity contribution is -0.151. The van der Waals surface area contributed by atoms with Crippen LogP contribution in [0.4, 0.5) is 0 Å². The first-order valence-corrected chi connectivity index (χ1v) is 8.18. The molecule has 0 saturated carbocycles. The predicted molar refractivity (Wildman–Crippen MR) is 85.6 cm³/mol. The van der Waals surface area contributed by atoms with Gasteiger partial charge in [-0.3, -0.25) is 9.59 Å². The van der Waals surface area contributed by atoms with E-state index in [1.807, 2.05) is 19.9 Å². The van der Waals surface area contributed by atoms with Gasteiger partial charge in [-0.25, -0.2) is 0 Å². The number of ether oxygens (including phenoxy) is 1. The summed E-state index contributed by atoms with van der Waals surface area (Å²) in [5, 5.41) is 9.31. The van der Waals surface area contributed by atoms with Crippen LogP contribution in [0, 0.1) is 19.8 Å². The normalized spacial score (nSPS) is 26.6. The summed E-state index contributed by atoms with van der Waals surface area (Å²) in [7, 11) is 0. The van der Waals surface area contributed by atoms with E-state index in [1.54, 1.807) is 4.90 Å². The Kier molecular flexibility index (Phi) is 4.04. The molecule has 1 aromatic carbocycles. The molecule has 3 atom stereocenters. The standard InChI is InChI=1S/C18H23NO4/c1-10-7-13-9-16(23-15(13)8-11(10)2)17(20)19-6-4-5-14(12(19)3)18(21)22/h7-8,12,14,16H,4-6,9H2,1-3H3,(H,21,22)/t12-,14-,16?/m1/s1. The lowest BCUT2D eigenvalue weighted by atomic mass is 9.89. The Labute approximate surface area is 136 Å². The molecule has 1 aromatic rings. The molecule has 0 spiro atoms. The maximum absolute atomic E-state index is 12.8. The SMILES string of the molecule is Cc1cc2c(cc1C)OC(C(=O)N1CCC[C@@H](C(=O)O)[C@H]1C)C2. The molecular formula is C18H23NO4. The number of piperidine rings is 1. The van der Waals surface area contributed by atoms with Crippen molar-refractivity contribution < 1.29 is 19.4 Å². The van der Waals surface area contributed by atoms with Crippen molar-refractivity contribution in [2.45, 2.75) is 52.2 Å². The second kappa shape index (κ2) is 5.87. The van der Waals surface area contributed by atoms with Gasteiger partial charge in [0.05, 0.1) is 5.92 Å². The van der Waals surface area contributed by atoms with E-state index in [-0.39, 0.29) is 11.9 Å². The van der Waals surface area contributed by atoms with Gasteiger partial charge in [0.1, 0.15) is 5.75 Å². The zero-order valence-corrected chi connectivity index (χ0v) is 13.8. The van der Waals surface area contributed by atoms with Crippen molar-refractivity contribution in [3.63, 3.8) is 0 Å². The van der Waals surface area contributed by atoms with Crippen LogP contribution in [-0.4, -0.2) is 40.6 Å². The van der Waals surface area contributed by atoms with Crippen LogP contribution in [0.25, 0.3) is 0 Å². The van der Waals surface area contributed by atoms with E-state index in [4.69, 9.17) is 4.74 Å². The molecule has 0 aromatic heterocycles. The third kappa shape index (κ3) is 2.80. The van der Waals surface area contributed by atoms with Gasteiger partial charge in [0.15, 0.2) is 6.10 Å². The Morgan fingerprint density at radius 3 is 2.65 bits per heavy atom. The molecule has 23 heavy (non-hydrogen) atoms. The average Bonchev–Trinajstić information content (AvgIpc) is 2.89. The summed E-state index contributed by atoms with van der Waals surface area (Å²) in [4.78, 5) is 25.9. The Morgan fingerprint density at radius 2 is 1.96 bits per heavy atom. The molecule has 0 aliphatic carbocycles. The molecule has 1 saturated heterocycles. The smallest absolute Gasteiger partial charge is 0.308 e. The van der Waals surface area contributed by atoms with E-state index in [0.29, 0.717) is 19.4 Å². The van der Waals surface area contributed by atoms with Crippen LogP contribution >= 0.6 is 0 Å². The van der Waals surface area contributed by atoms with Crippen LogP contribution < -0.4 is 4.74 Å². The number of amides is 1. The maximum atomic E-state index is 12.8. The molecule has 124 valence electrons. The van der Waals surface area contributed by atoms with Crippen LogP contribution in [-0.2, 0) is 16.0 Å². The minimum absolute atomic E-state index is 0.0880. The highest BCUT2D eigenvalue weighted by Gasteiger charge is 2.40. The first-order valence-electron chi connectivity index (χ1n) is 8.18. The number of carboxylic acids is 1. The van der Waals surface area contributed by atoms with Crippen molar-refractivity contribution in [2.75, 3.05) is 6.54 Å². The van der Waals surface area contributed by atoms with Crippen molar-refractivity contribution in [1.29, 1.82) is 0 Å². The van der Waals surface area contributed by atoms with Gasteiger partial charge in [0.2, 0.25) is 0 Å². The number of carbonyl (C=O) groups excluding carboxylic acids is 1. The molecule has 0 bridgehead atoms. The van der Waals surface area contributed by atoms with E-state index >= 15 is 0 Å². The minimum atomic E-state index is -0.822. The van der Waals surface area contributed by atoms with E-state index in [1.165, 1.54) is 5.56 Å². The second-order valence-corrected chi connectivity index (χ2v) is 6.71. The third-order valence-electron chi connectivity index (χ3n) is 5.22. The summed E-state index contributed by atoms with van der Waals surface area (Å²) >= 11 is 0. The number of benzene rings is 1. The van der Waals surface area contributed by atoms with Crippen LogP contribution in [0.1, 0.15) is 36.5 Å². The molecule has 5 heteroatoms. The monoisotopic (exact) mass is 317 g/mol. The molecule has 2 aliphatic rings. The number of likely N-dealkylation sites (tertiary alicyclic amines) is 1. The molecule has 1 unspecified atom stereocenters. The highest BCUT2D eigenvalue weighted by atomic mass is 16.5. The fraction of sp³-hybridized carbons (Fsp3) is 0.556. The quantitative estimate of drug-likeness (QED) is 0.909. The van der Waals surface area contributed by atoms with Crippen LogP contribution in [0.5, 0.6) is 5.75 Å². The fourth-order valence-electron chi connectivity index (χ4n) is 3.62. The lowest BCUT2D eigenvalue weighted by Crippen LogP contribution is -2.53. The van der Waals surface area contributed by atoms with Gasteiger partial charge in [0.25, 0.3) is 5.91 Å². The van der Waals surface area contributed by atoms with E-state index in [0.717, 1.165) is 23.3 Å². The number of hydrogen-bond donors (Lipinski definition) is 1. The summed E-state index contributed by atoms with van der Waals surface area (Å²) in [6, 6.07) is 3.78. The second-order valence-electron chi connectivity index (χ2n) is 6.71. The van der Waals surface area contributed by atoms with E-state index in [9.17, 15) is 14.7 Å². The van der Waals surface area contributed by atoms with Crippen molar-refractivity contribution in [1.82, 2.24) is 4.90 Å². The topological polar surface area (TPSA) is 66.8 Å². The highest BCUT2D eigenvalue weighted by Crippen LogP contribution is 2.33. The number of carboxylic acid groups (broad SMARTS) is 1. The Balaban J connectivity index is 1.76. The zero-order chi connectivity index (χ0) is 16.7. The fourth-order valence-corrected chi connectivity index (χ4v) is 3.62. The number of nitrogens with zero attached hydrogens (tertiary/aromatic N) is 1. The van der Waals surface area contributed by atoms with Crippen LogP contribution in [0.15, 0.2) is 12.1 Å². The number of aryl methyl sites for hydroxylation is 2. The number of fused-ring (bicyclic) bond motifs is 1. The minimum Gasteiger partial charge on any atom is -0.481 e. The molecule has 2 aliphatic heterocycles. The van der Waals surface area contributed by atoms with Gasteiger partial charge in [0, 0.05) is 19.0 Å². The van der Waals surface area contributed by atoms with Crippen molar-refractivity contribution >= 4 is 11.9 Å². The molecule has 2 heterocycles. The van der Waals surface area contributed by atoms with Crippen molar-refractivity contribution in [3.8, 4) is 5.75 Å². The first-order chi connectivity index (χ1) is 10.9. The summed E-state index contributed by atoms with van der Waals surface area (Å²) in [5.74, 6) is -0.612. The summed E-state index contributed by atoms with van der Waals surface area (Å²) in [6.07, 6.45) is 1.40. The third-order valence-corrected chi connectivity index (χ3v) is 5.22. The summed E-state index contributed by atoms with van der Waals surface area (Å²) in [5.41, 5.74) is 3.40. The van der Waals surface area contributed by atoms with Crippen molar-refractivity contribution in [3.05, 3.63) is 28.8 Å². The van der Waals surface area contributed by atoms with Gasteiger partial charge in [-0.15, -0.1) is 0 Å². The maximum Gasteiger partial charge on any atom is 0.308 e. The van der Waals surface area contributed by atoms with Gasteiger partial charge >= 0.3 is 5.97 Å². The Bertz CT molecular complexity index is 624. The Hall–Kier alpha value is -2.04. The van der Waals surface area contributed by atoms with Crippen LogP contribution in [0.2, 0.25) is 0 Å². The van der Waals surface area contributed by atoms with Gasteiger partial charge in [-0.2, -0.15) is 0 Å². The first kappa shape index (κ1) is 15.8. The number of aliphatic carboxylic acids is 1. The number of rotatable bonds is 2. The molecule has 1 N–H and O–H groups in total. The Morgan fingerprint density at radius 1 is 1.26 bits per heavy atom. The summed E-state index contributed by atoms with van der Waals surface area (Å²) in [6.45, 7) is 6.51. The highest BCUT2D eigenvalue weighted by molar-refractivity contribution is 5.84. The largest absolute Gasteiger partial charge is 0.481 e. The molecule has 0 radical (unpaired) electrons. The number of hydrogen-bond acceptors (Lipinski definition) is 3. The van der Waals surface area contributed by atoms with E-state index in [2.05, 4.69) is 13.0 Å². The van der Waals surface area contributed by atoms with Gasteiger partial charge < -0.3 is 14.7 Å². The predicted octanol–water partition coefficient (Wildman–Crippen LogP) is 2.32. The molecule has 1 fully saturated rings. The lowest BCUT2D eigenvalue weighted by Gasteiger charge is -2.38. The van der Waals surface area contributed by atoms with Gasteiger partial charge in [-0.05, 0) is 56.4 Å². The molecule has 3 rings (SSSR count). The molecular weight excluding hydrogens is 294 g/mol. The summed E-state index contributed by atoms with van der Waals surface area (Å²) < 4.78 is 5.86. The van der Waals surface area contributed by atoms with Crippen LogP contribution in [0.3, 0.4) is 0 Å². The number of carbonyl (C=O) groups is 2. The molecule has 1 amide bonds. The van der Waals surface area contributed by atoms with E-state index < -0.39 is 18.0 Å². The van der Waals surface area contributed by atoms with Gasteiger partial charge in [-0.1, -0.05) is 6.07 Å². The molecule has 5 nitrogen and oxygen atoms in total. The average molecular weight is 317 g/mol.